The molecular weight excluding hydrogens is 230 g/mol. The Hall–Kier alpha value is -2.18. The van der Waals surface area contributed by atoms with Crippen molar-refractivity contribution in [2.75, 3.05) is 18.0 Å². The molecule has 0 aliphatic heterocycles. The number of fused-ring (bicyclic) bond motifs is 1. The van der Waals surface area contributed by atoms with E-state index in [9.17, 15) is 0 Å². The summed E-state index contributed by atoms with van der Waals surface area (Å²) in [5, 5.41) is 15.5. The number of rotatable bonds is 5. The molecule has 0 aromatic carbocycles. The summed E-state index contributed by atoms with van der Waals surface area (Å²) in [6, 6.07) is 0. The summed E-state index contributed by atoms with van der Waals surface area (Å²) in [6.07, 6.45) is 4.09. The van der Waals surface area contributed by atoms with E-state index in [2.05, 4.69) is 15.2 Å². The second-order valence-corrected chi connectivity index (χ2v) is 4.05. The largest absolute Gasteiger partial charge is 0.388 e. The van der Waals surface area contributed by atoms with Crippen molar-refractivity contribution in [3.8, 4) is 0 Å². The maximum atomic E-state index is 7.29. The third-order valence-corrected chi connectivity index (χ3v) is 2.81. The normalized spacial score (nSPS) is 10.8. The lowest BCUT2D eigenvalue weighted by molar-refractivity contribution is 0.812. The predicted molar refractivity (Wildman–Crippen MR) is 69.9 cm³/mol. The standard InChI is InChI=1S/C11H17N7/c1-3-17(6-4-9(12)13)10-11-16-15-8(2)18(11)7-5-14-10/h5,7H,3-4,6H2,1-2H3,(H3,12,13). The Kier molecular flexibility index (Phi) is 3.40. The third kappa shape index (κ3) is 2.24. The van der Waals surface area contributed by atoms with Crippen LogP contribution in [0.1, 0.15) is 19.2 Å². The highest BCUT2D eigenvalue weighted by Crippen LogP contribution is 2.17. The van der Waals surface area contributed by atoms with Crippen LogP contribution in [0, 0.1) is 12.3 Å². The van der Waals surface area contributed by atoms with Crippen LogP contribution in [0.15, 0.2) is 12.4 Å². The molecule has 2 heterocycles. The highest BCUT2D eigenvalue weighted by Gasteiger charge is 2.13. The number of amidine groups is 1. The Morgan fingerprint density at radius 1 is 1.50 bits per heavy atom. The molecule has 0 saturated carbocycles. The lowest BCUT2D eigenvalue weighted by Crippen LogP contribution is -2.28. The number of nitrogens with two attached hydrogens (primary N) is 1. The first kappa shape index (κ1) is 12.3. The zero-order valence-electron chi connectivity index (χ0n) is 10.6. The molecule has 0 aliphatic carbocycles. The van der Waals surface area contributed by atoms with E-state index >= 15 is 0 Å². The van der Waals surface area contributed by atoms with Gasteiger partial charge in [0.15, 0.2) is 5.82 Å². The SMILES string of the molecule is CCN(CCC(=N)N)c1nccn2c(C)nnc12. The summed E-state index contributed by atoms with van der Waals surface area (Å²) in [7, 11) is 0. The van der Waals surface area contributed by atoms with Gasteiger partial charge in [-0.15, -0.1) is 10.2 Å². The zero-order chi connectivity index (χ0) is 13.1. The van der Waals surface area contributed by atoms with Gasteiger partial charge in [-0.2, -0.15) is 0 Å². The van der Waals surface area contributed by atoms with Crippen LogP contribution in [0.5, 0.6) is 0 Å². The van der Waals surface area contributed by atoms with Gasteiger partial charge in [-0.05, 0) is 13.8 Å². The third-order valence-electron chi connectivity index (χ3n) is 2.81. The fraction of sp³-hybridized carbons (Fsp3) is 0.455. The maximum Gasteiger partial charge on any atom is 0.203 e. The molecule has 0 atom stereocenters. The maximum absolute atomic E-state index is 7.29. The van der Waals surface area contributed by atoms with Crippen LogP contribution < -0.4 is 10.6 Å². The summed E-state index contributed by atoms with van der Waals surface area (Å²) in [5.74, 6) is 1.79. The summed E-state index contributed by atoms with van der Waals surface area (Å²) in [5.41, 5.74) is 6.13. The molecular formula is C11H17N7. The molecule has 7 nitrogen and oxygen atoms in total. The Bertz CT molecular complexity index is 560. The van der Waals surface area contributed by atoms with Crippen LogP contribution in [0.25, 0.3) is 5.65 Å². The van der Waals surface area contributed by atoms with Gasteiger partial charge in [0.05, 0.1) is 5.84 Å². The Labute approximate surface area is 105 Å². The summed E-state index contributed by atoms with van der Waals surface area (Å²) >= 11 is 0. The Morgan fingerprint density at radius 2 is 2.28 bits per heavy atom. The highest BCUT2D eigenvalue weighted by molar-refractivity contribution is 5.77. The average Bonchev–Trinajstić information content (AvgIpc) is 2.73. The van der Waals surface area contributed by atoms with Gasteiger partial charge in [0.1, 0.15) is 5.82 Å². The van der Waals surface area contributed by atoms with Gasteiger partial charge < -0.3 is 10.6 Å². The molecule has 0 radical (unpaired) electrons. The lowest BCUT2D eigenvalue weighted by atomic mass is 10.3. The molecule has 2 aromatic rings. The van der Waals surface area contributed by atoms with E-state index in [1.807, 2.05) is 29.3 Å². The van der Waals surface area contributed by atoms with Crippen molar-refractivity contribution < 1.29 is 0 Å². The minimum Gasteiger partial charge on any atom is -0.388 e. The van der Waals surface area contributed by atoms with Crippen molar-refractivity contribution in [1.82, 2.24) is 19.6 Å². The molecule has 0 aliphatic rings. The molecule has 0 spiro atoms. The summed E-state index contributed by atoms with van der Waals surface area (Å²) < 4.78 is 1.90. The van der Waals surface area contributed by atoms with Gasteiger partial charge in [-0.25, -0.2) is 4.98 Å². The fourth-order valence-corrected chi connectivity index (χ4v) is 1.82. The lowest BCUT2D eigenvalue weighted by Gasteiger charge is -2.21. The molecule has 2 aromatic heterocycles. The van der Waals surface area contributed by atoms with Gasteiger partial charge in [-0.3, -0.25) is 9.81 Å². The van der Waals surface area contributed by atoms with Crippen molar-refractivity contribution >= 4 is 17.3 Å². The number of nitrogens with one attached hydrogen (secondary N) is 1. The minimum absolute atomic E-state index is 0.179. The Morgan fingerprint density at radius 3 is 2.94 bits per heavy atom. The van der Waals surface area contributed by atoms with Crippen molar-refractivity contribution in [3.05, 3.63) is 18.2 Å². The van der Waals surface area contributed by atoms with Crippen LogP contribution in [0.2, 0.25) is 0 Å². The van der Waals surface area contributed by atoms with E-state index in [1.165, 1.54) is 0 Å². The highest BCUT2D eigenvalue weighted by atomic mass is 15.3. The van der Waals surface area contributed by atoms with Crippen LogP contribution in [0.3, 0.4) is 0 Å². The van der Waals surface area contributed by atoms with Crippen LogP contribution in [-0.4, -0.2) is 38.5 Å². The smallest absolute Gasteiger partial charge is 0.203 e. The molecule has 0 bridgehead atoms. The number of aromatic nitrogens is 4. The van der Waals surface area contributed by atoms with Crippen LogP contribution in [0.4, 0.5) is 5.82 Å². The molecule has 7 heteroatoms. The van der Waals surface area contributed by atoms with Crippen molar-refractivity contribution in [3.63, 3.8) is 0 Å². The Balaban J connectivity index is 2.35. The van der Waals surface area contributed by atoms with Crippen molar-refractivity contribution in [1.29, 1.82) is 5.41 Å². The number of hydrogen-bond donors (Lipinski definition) is 2. The summed E-state index contributed by atoms with van der Waals surface area (Å²) in [6.45, 7) is 5.38. The monoisotopic (exact) mass is 247 g/mol. The number of anilines is 1. The van der Waals surface area contributed by atoms with Gasteiger partial charge >= 0.3 is 0 Å². The molecule has 0 fully saturated rings. The minimum atomic E-state index is 0.179. The van der Waals surface area contributed by atoms with E-state index in [1.54, 1.807) is 6.20 Å². The predicted octanol–water partition coefficient (Wildman–Crippen LogP) is 0.585. The van der Waals surface area contributed by atoms with Gasteiger partial charge in [0.25, 0.3) is 0 Å². The van der Waals surface area contributed by atoms with E-state index in [0.717, 1.165) is 23.8 Å². The van der Waals surface area contributed by atoms with Crippen LogP contribution in [-0.2, 0) is 0 Å². The van der Waals surface area contributed by atoms with Crippen LogP contribution >= 0.6 is 0 Å². The van der Waals surface area contributed by atoms with E-state index in [-0.39, 0.29) is 5.84 Å². The zero-order valence-corrected chi connectivity index (χ0v) is 10.6. The quantitative estimate of drug-likeness (QED) is 0.595. The van der Waals surface area contributed by atoms with Crippen molar-refractivity contribution in [2.24, 2.45) is 5.73 Å². The fourth-order valence-electron chi connectivity index (χ4n) is 1.82. The molecule has 0 saturated heterocycles. The first-order chi connectivity index (χ1) is 8.63. The second kappa shape index (κ2) is 4.99. The van der Waals surface area contributed by atoms with Crippen molar-refractivity contribution in [2.45, 2.75) is 20.3 Å². The topological polar surface area (TPSA) is 96.2 Å². The van der Waals surface area contributed by atoms with E-state index in [4.69, 9.17) is 11.1 Å². The molecule has 3 N–H and O–H groups in total. The van der Waals surface area contributed by atoms with Gasteiger partial charge in [0.2, 0.25) is 5.65 Å². The number of hydrogen-bond acceptors (Lipinski definition) is 5. The van der Waals surface area contributed by atoms with E-state index in [0.29, 0.717) is 13.0 Å². The number of nitrogens with zero attached hydrogens (tertiary/aromatic N) is 5. The van der Waals surface area contributed by atoms with E-state index < -0.39 is 0 Å². The molecule has 2 rings (SSSR count). The first-order valence-electron chi connectivity index (χ1n) is 5.87. The van der Waals surface area contributed by atoms with Gasteiger partial charge in [0, 0.05) is 31.9 Å². The second-order valence-electron chi connectivity index (χ2n) is 4.05. The van der Waals surface area contributed by atoms with Gasteiger partial charge in [-0.1, -0.05) is 0 Å². The molecule has 0 amide bonds. The molecule has 96 valence electrons. The molecule has 0 unspecified atom stereocenters. The summed E-state index contributed by atoms with van der Waals surface area (Å²) in [4.78, 5) is 6.41. The average molecular weight is 247 g/mol. The number of aryl methyl sites for hydroxylation is 1. The molecule has 18 heavy (non-hydrogen) atoms. The first-order valence-corrected chi connectivity index (χ1v) is 5.87.